The smallest absolute Gasteiger partial charge is 0.305 e. The van der Waals surface area contributed by atoms with Crippen molar-refractivity contribution in [2.24, 2.45) is 0 Å². The molecule has 1 heterocycles. The highest BCUT2D eigenvalue weighted by atomic mass is 32.1. The maximum atomic E-state index is 11.3. The summed E-state index contributed by atoms with van der Waals surface area (Å²) in [6.45, 7) is 0.843. The molecule has 2 N–H and O–H groups in total. The standard InChI is InChI=1S/C12H15NO4S/c14-11(4-3-10-2-1-9-18-10)13-6-8-17-7-5-12(15)16/h1-4,9H,5-8H2,(H,13,14)(H,15,16)/b4-3+. The van der Waals surface area contributed by atoms with Gasteiger partial charge in [-0.3, -0.25) is 9.59 Å². The topological polar surface area (TPSA) is 75.6 Å². The Morgan fingerprint density at radius 2 is 2.28 bits per heavy atom. The van der Waals surface area contributed by atoms with Gasteiger partial charge in [0.15, 0.2) is 0 Å². The number of aliphatic carboxylic acids is 1. The number of carbonyl (C=O) groups excluding carboxylic acids is 1. The lowest BCUT2D eigenvalue weighted by Crippen LogP contribution is -2.25. The summed E-state index contributed by atoms with van der Waals surface area (Å²) in [6, 6.07) is 3.84. The lowest BCUT2D eigenvalue weighted by atomic mass is 10.4. The zero-order valence-corrected chi connectivity index (χ0v) is 10.6. The molecule has 6 heteroatoms. The van der Waals surface area contributed by atoms with Gasteiger partial charge >= 0.3 is 5.97 Å². The van der Waals surface area contributed by atoms with Gasteiger partial charge in [0.05, 0.1) is 19.6 Å². The minimum Gasteiger partial charge on any atom is -0.481 e. The number of hydrogen-bond acceptors (Lipinski definition) is 4. The summed E-state index contributed by atoms with van der Waals surface area (Å²) >= 11 is 1.56. The first-order valence-electron chi connectivity index (χ1n) is 5.47. The van der Waals surface area contributed by atoms with Crippen LogP contribution in [-0.2, 0) is 14.3 Å². The molecule has 1 amide bonds. The van der Waals surface area contributed by atoms with Gasteiger partial charge in [0.1, 0.15) is 0 Å². The molecule has 0 radical (unpaired) electrons. The second kappa shape index (κ2) is 8.43. The van der Waals surface area contributed by atoms with Gasteiger partial charge in [-0.2, -0.15) is 0 Å². The summed E-state index contributed by atoms with van der Waals surface area (Å²) < 4.78 is 5.03. The maximum Gasteiger partial charge on any atom is 0.305 e. The van der Waals surface area contributed by atoms with E-state index in [0.29, 0.717) is 13.2 Å². The van der Waals surface area contributed by atoms with Crippen LogP contribution in [0.2, 0.25) is 0 Å². The van der Waals surface area contributed by atoms with Crippen LogP contribution in [0.4, 0.5) is 0 Å². The molecule has 0 saturated carbocycles. The average Bonchev–Trinajstić information content (AvgIpc) is 2.83. The van der Waals surface area contributed by atoms with E-state index in [9.17, 15) is 9.59 Å². The Bertz CT molecular complexity index is 400. The van der Waals surface area contributed by atoms with Gasteiger partial charge in [0.25, 0.3) is 0 Å². The third-order valence-corrected chi connectivity index (χ3v) is 2.79. The van der Waals surface area contributed by atoms with Crippen molar-refractivity contribution in [3.63, 3.8) is 0 Å². The highest BCUT2D eigenvalue weighted by Crippen LogP contribution is 2.09. The van der Waals surface area contributed by atoms with Crippen molar-refractivity contribution in [3.8, 4) is 0 Å². The van der Waals surface area contributed by atoms with E-state index < -0.39 is 5.97 Å². The molecule has 1 aromatic heterocycles. The van der Waals surface area contributed by atoms with Crippen LogP contribution in [0.5, 0.6) is 0 Å². The maximum absolute atomic E-state index is 11.3. The second-order valence-electron chi connectivity index (χ2n) is 3.40. The number of nitrogens with one attached hydrogen (secondary N) is 1. The zero-order valence-electron chi connectivity index (χ0n) is 9.80. The molecule has 0 saturated heterocycles. The van der Waals surface area contributed by atoms with Gasteiger partial charge in [0.2, 0.25) is 5.91 Å². The SMILES string of the molecule is O=C(O)CCOCCNC(=O)/C=C/c1cccs1. The quantitative estimate of drug-likeness (QED) is 0.552. The average molecular weight is 269 g/mol. The number of carbonyl (C=O) groups is 2. The number of carboxylic acids is 1. The van der Waals surface area contributed by atoms with Gasteiger partial charge in [-0.1, -0.05) is 6.07 Å². The first kappa shape index (κ1) is 14.4. The Morgan fingerprint density at radius 1 is 1.44 bits per heavy atom. The van der Waals surface area contributed by atoms with Crippen LogP contribution < -0.4 is 5.32 Å². The largest absolute Gasteiger partial charge is 0.481 e. The lowest BCUT2D eigenvalue weighted by Gasteiger charge is -2.03. The first-order valence-corrected chi connectivity index (χ1v) is 6.35. The molecule has 1 rings (SSSR count). The van der Waals surface area contributed by atoms with E-state index in [-0.39, 0.29) is 18.9 Å². The summed E-state index contributed by atoms with van der Waals surface area (Å²) in [5.74, 6) is -1.08. The Hall–Kier alpha value is -1.66. The normalized spacial score (nSPS) is 10.7. The van der Waals surface area contributed by atoms with Crippen LogP contribution >= 0.6 is 11.3 Å². The molecule has 1 aromatic rings. The number of carboxylic acid groups (broad SMARTS) is 1. The molecule has 0 aliphatic heterocycles. The summed E-state index contributed by atoms with van der Waals surface area (Å²) in [4.78, 5) is 22.5. The second-order valence-corrected chi connectivity index (χ2v) is 4.38. The molecule has 0 unspecified atom stereocenters. The molecule has 5 nitrogen and oxygen atoms in total. The van der Waals surface area contributed by atoms with E-state index in [4.69, 9.17) is 9.84 Å². The number of hydrogen-bond donors (Lipinski definition) is 2. The van der Waals surface area contributed by atoms with E-state index in [0.717, 1.165) is 4.88 Å². The molecule has 98 valence electrons. The monoisotopic (exact) mass is 269 g/mol. The molecule has 0 atom stereocenters. The van der Waals surface area contributed by atoms with Crippen molar-refractivity contribution in [2.75, 3.05) is 19.8 Å². The van der Waals surface area contributed by atoms with Gasteiger partial charge < -0.3 is 15.2 Å². The molecule has 0 aliphatic carbocycles. The Balaban J connectivity index is 2.05. The van der Waals surface area contributed by atoms with Gasteiger partial charge in [0, 0.05) is 17.5 Å². The van der Waals surface area contributed by atoms with Crippen molar-refractivity contribution in [1.82, 2.24) is 5.32 Å². The van der Waals surface area contributed by atoms with Crippen molar-refractivity contribution in [3.05, 3.63) is 28.5 Å². The number of amides is 1. The number of rotatable bonds is 8. The van der Waals surface area contributed by atoms with Crippen LogP contribution in [0, 0.1) is 0 Å². The molecule has 0 aromatic carbocycles. The summed E-state index contributed by atoms with van der Waals surface area (Å²) in [5, 5.41) is 12.9. The predicted octanol–water partition coefficient (Wildman–Crippen LogP) is 1.37. The summed E-state index contributed by atoms with van der Waals surface area (Å²) in [6.07, 6.45) is 3.18. The molecule has 0 aliphatic rings. The van der Waals surface area contributed by atoms with E-state index in [1.807, 2.05) is 17.5 Å². The molecule has 0 spiro atoms. The van der Waals surface area contributed by atoms with Crippen molar-refractivity contribution in [1.29, 1.82) is 0 Å². The molecular weight excluding hydrogens is 254 g/mol. The molecule has 0 fully saturated rings. The number of thiophene rings is 1. The number of ether oxygens (including phenoxy) is 1. The molecule has 18 heavy (non-hydrogen) atoms. The highest BCUT2D eigenvalue weighted by Gasteiger charge is 1.97. The Labute approximate surface area is 109 Å². The fraction of sp³-hybridized carbons (Fsp3) is 0.333. The first-order chi connectivity index (χ1) is 8.68. The summed E-state index contributed by atoms with van der Waals surface area (Å²) in [7, 11) is 0. The third kappa shape index (κ3) is 6.82. The summed E-state index contributed by atoms with van der Waals surface area (Å²) in [5.41, 5.74) is 0. The van der Waals surface area contributed by atoms with E-state index >= 15 is 0 Å². The van der Waals surface area contributed by atoms with Crippen molar-refractivity contribution >= 4 is 29.3 Å². The minimum atomic E-state index is -0.891. The van der Waals surface area contributed by atoms with Gasteiger partial charge in [-0.25, -0.2) is 0 Å². The Morgan fingerprint density at radius 3 is 2.94 bits per heavy atom. The van der Waals surface area contributed by atoms with E-state index in [1.165, 1.54) is 6.08 Å². The van der Waals surface area contributed by atoms with Crippen molar-refractivity contribution < 1.29 is 19.4 Å². The predicted molar refractivity (Wildman–Crippen MR) is 69.4 cm³/mol. The molecule has 0 bridgehead atoms. The fourth-order valence-corrected chi connectivity index (χ4v) is 1.73. The van der Waals surface area contributed by atoms with Gasteiger partial charge in [-0.15, -0.1) is 11.3 Å². The van der Waals surface area contributed by atoms with Gasteiger partial charge in [-0.05, 0) is 17.5 Å². The van der Waals surface area contributed by atoms with Crippen molar-refractivity contribution in [2.45, 2.75) is 6.42 Å². The van der Waals surface area contributed by atoms with Crippen LogP contribution in [0.3, 0.4) is 0 Å². The van der Waals surface area contributed by atoms with Crippen LogP contribution in [0.1, 0.15) is 11.3 Å². The fourth-order valence-electron chi connectivity index (χ4n) is 1.11. The Kier molecular flexibility index (Phi) is 6.75. The van der Waals surface area contributed by atoms with Crippen LogP contribution in [0.25, 0.3) is 6.08 Å². The highest BCUT2D eigenvalue weighted by molar-refractivity contribution is 7.10. The lowest BCUT2D eigenvalue weighted by molar-refractivity contribution is -0.138. The molecular formula is C12H15NO4S. The zero-order chi connectivity index (χ0) is 13.2. The van der Waals surface area contributed by atoms with E-state index in [1.54, 1.807) is 17.4 Å². The minimum absolute atomic E-state index is 0.0216. The van der Waals surface area contributed by atoms with E-state index in [2.05, 4.69) is 5.32 Å². The van der Waals surface area contributed by atoms with Crippen LogP contribution in [-0.4, -0.2) is 36.7 Å². The van der Waals surface area contributed by atoms with Crippen LogP contribution in [0.15, 0.2) is 23.6 Å². The third-order valence-electron chi connectivity index (χ3n) is 1.95.